The SMILES string of the molecule is [2H]c1c([2H])c([2H])c(-c2cccc(-c3c([2H])c([2H])c([2H])c([2H])c3[2H])c2-[n+]2[c-]n(-c3[c-]c(Oc4[c-]c5c(cc4)c4ccccc4n5-c4cc(C(C)(C)C)ccn4)c4c5c3Oc3ccccc3B5c3ccccc3O4)c3ccccc32)c([2H])c1[2H].[Pt]. The Balaban J connectivity index is 0.00000645. The maximum absolute atomic E-state index is 9.23. The molecule has 3 aromatic heterocycles. The summed E-state index contributed by atoms with van der Waals surface area (Å²) >= 11 is 0. The van der Waals surface area contributed by atoms with E-state index in [1.165, 1.54) is 0 Å². The molecule has 12 aromatic rings. The van der Waals surface area contributed by atoms with Crippen LogP contribution in [-0.2, 0) is 26.5 Å². The minimum Gasteiger partial charge on any atom is -0.521 e. The van der Waals surface area contributed by atoms with Crippen LogP contribution in [0.4, 0.5) is 0 Å². The molecule has 0 radical (unpaired) electrons. The average Bonchev–Trinajstić information content (AvgIpc) is 4.20. The van der Waals surface area contributed by atoms with Crippen LogP contribution in [0, 0.1) is 18.5 Å². The molecule has 73 heavy (non-hydrogen) atoms. The number of rotatable bonds is 7. The Morgan fingerprint density at radius 2 is 1.27 bits per heavy atom. The van der Waals surface area contributed by atoms with Crippen molar-refractivity contribution in [1.29, 1.82) is 0 Å². The Morgan fingerprint density at radius 1 is 0.644 bits per heavy atom. The largest absolute Gasteiger partial charge is 0.521 e. The molecule has 5 heterocycles. The number of pyridine rings is 1. The Morgan fingerprint density at radius 3 is 1.97 bits per heavy atom. The minimum atomic E-state index is -0.595. The monoisotopic (exact) mass is 1130 g/mol. The van der Waals surface area contributed by atoms with Crippen molar-refractivity contribution in [3.05, 3.63) is 230 Å². The molecule has 2 aliphatic heterocycles. The Labute approximate surface area is 451 Å². The van der Waals surface area contributed by atoms with Crippen molar-refractivity contribution in [1.82, 2.24) is 14.1 Å². The third-order valence-corrected chi connectivity index (χ3v) is 13.5. The molecule has 9 heteroatoms. The van der Waals surface area contributed by atoms with Crippen molar-refractivity contribution in [2.45, 2.75) is 26.2 Å². The number of imidazole rings is 1. The van der Waals surface area contributed by atoms with Gasteiger partial charge in [-0.15, -0.1) is 23.6 Å². The topological polar surface area (TPSA) is 54.3 Å². The van der Waals surface area contributed by atoms with E-state index in [1.54, 1.807) is 33.4 Å². The van der Waals surface area contributed by atoms with Crippen molar-refractivity contribution in [2.24, 2.45) is 0 Å². The zero-order chi connectivity index (χ0) is 56.8. The van der Waals surface area contributed by atoms with Gasteiger partial charge in [0.25, 0.3) is 6.33 Å². The van der Waals surface area contributed by atoms with E-state index in [4.69, 9.17) is 27.4 Å². The van der Waals surface area contributed by atoms with Gasteiger partial charge in [-0.2, -0.15) is 6.07 Å². The zero-order valence-corrected chi connectivity index (χ0v) is 41.5. The minimum absolute atomic E-state index is 0. The van der Waals surface area contributed by atoms with E-state index in [9.17, 15) is 5.48 Å². The van der Waals surface area contributed by atoms with Gasteiger partial charge in [-0.05, 0) is 85.6 Å². The number of fused-ring (bicyclic) bond motifs is 8. The van der Waals surface area contributed by atoms with Crippen molar-refractivity contribution in [3.63, 3.8) is 0 Å². The van der Waals surface area contributed by atoms with Gasteiger partial charge in [0.05, 0.1) is 36.2 Å². The van der Waals surface area contributed by atoms with E-state index in [1.807, 2.05) is 103 Å². The van der Waals surface area contributed by atoms with Crippen molar-refractivity contribution < 1.29 is 53.6 Å². The summed E-state index contributed by atoms with van der Waals surface area (Å²) in [5.74, 6) is 3.14. The van der Waals surface area contributed by atoms with Crippen LogP contribution < -0.4 is 35.2 Å². The van der Waals surface area contributed by atoms with Crippen LogP contribution in [0.15, 0.2) is 206 Å². The van der Waals surface area contributed by atoms with Gasteiger partial charge in [0.1, 0.15) is 17.3 Å². The number of hydrogen-bond donors (Lipinski definition) is 0. The summed E-state index contributed by atoms with van der Waals surface area (Å²) in [6, 6.07) is 45.4. The van der Waals surface area contributed by atoms with Crippen LogP contribution in [0.2, 0.25) is 0 Å². The van der Waals surface area contributed by atoms with Crippen LogP contribution in [0.3, 0.4) is 0 Å². The summed E-state index contributed by atoms with van der Waals surface area (Å²) in [6.07, 6.45) is 5.36. The molecule has 0 aliphatic carbocycles. The van der Waals surface area contributed by atoms with Gasteiger partial charge in [0.15, 0.2) is 0 Å². The molecular formula is C64H43BN4O3Pt-2. The fourth-order valence-corrected chi connectivity index (χ4v) is 10.2. The zero-order valence-electron chi connectivity index (χ0n) is 49.3. The smallest absolute Gasteiger partial charge is 0.268 e. The molecule has 0 fully saturated rings. The molecule has 14 rings (SSSR count). The Bertz CT molecular complexity index is 4620. The molecule has 7 nitrogen and oxygen atoms in total. The summed E-state index contributed by atoms with van der Waals surface area (Å²) < 4.78 is 115. The summed E-state index contributed by atoms with van der Waals surface area (Å²) in [7, 11) is 0. The maximum atomic E-state index is 9.23. The number of ether oxygens (including phenoxy) is 3. The fraction of sp³-hybridized carbons (Fsp3) is 0.0625. The van der Waals surface area contributed by atoms with E-state index in [0.29, 0.717) is 50.9 Å². The molecule has 352 valence electrons. The van der Waals surface area contributed by atoms with Crippen molar-refractivity contribution in [2.75, 3.05) is 0 Å². The number of benzene rings is 9. The van der Waals surface area contributed by atoms with Crippen LogP contribution in [0.25, 0.3) is 72.3 Å². The second kappa shape index (κ2) is 17.4. The first-order valence-corrected chi connectivity index (χ1v) is 23.5. The van der Waals surface area contributed by atoms with Gasteiger partial charge in [0, 0.05) is 50.0 Å². The standard InChI is InChI=1S/C64H43BN4O3.Pt/c1-64(2,3)43-35-36-66-59(37-43)69-51-28-13-10-23-47(51)48-34-33-44(38-54(48)69)70-58-39-55(62-60-63(58)72-57-32-17-12-27-50(57)65(60)49-26-11-16-31-56(49)71-62)67-40-68(53-30-15-14-29-52(53)67)61-45(41-19-6-4-7-20-41)24-18-25-46(61)42-21-8-5-9-22-42;/h4-37H,1-3H3;/q-2;/i4D,5D,6D,7D,8D,9D,19D,20D,21D,22D;. The number of aromatic nitrogens is 4. The molecule has 0 unspecified atom stereocenters. The molecule has 0 bridgehead atoms. The molecule has 0 spiro atoms. The van der Waals surface area contributed by atoms with E-state index >= 15 is 0 Å². The number of hydrogen-bond acceptors (Lipinski definition) is 4. The molecule has 0 atom stereocenters. The summed E-state index contributed by atoms with van der Waals surface area (Å²) in [5, 5.41) is 1.94. The van der Waals surface area contributed by atoms with Gasteiger partial charge in [-0.3, -0.25) is 4.57 Å². The molecule has 0 saturated heterocycles. The van der Waals surface area contributed by atoms with Gasteiger partial charge >= 0.3 is 0 Å². The van der Waals surface area contributed by atoms with Crippen LogP contribution in [0.5, 0.6) is 34.5 Å². The van der Waals surface area contributed by atoms with Crippen molar-refractivity contribution >= 4 is 55.9 Å². The fourth-order valence-electron chi connectivity index (χ4n) is 10.2. The van der Waals surface area contributed by atoms with Gasteiger partial charge in [-0.1, -0.05) is 189 Å². The second-order valence-electron chi connectivity index (χ2n) is 18.7. The first kappa shape index (κ1) is 34.8. The normalized spacial score (nSPS) is 14.3. The molecule has 0 saturated carbocycles. The summed E-state index contributed by atoms with van der Waals surface area (Å²) in [4.78, 5) is 4.89. The quantitative estimate of drug-likeness (QED) is 0.0907. The predicted octanol–water partition coefficient (Wildman–Crippen LogP) is 12.9. The van der Waals surface area contributed by atoms with Crippen LogP contribution in [-0.4, -0.2) is 20.8 Å². The first-order valence-electron chi connectivity index (χ1n) is 28.5. The van der Waals surface area contributed by atoms with Gasteiger partial charge in [0.2, 0.25) is 6.71 Å². The average molecular weight is 1130 g/mol. The summed E-state index contributed by atoms with van der Waals surface area (Å²) in [6.45, 7) is 6.06. The molecular weight excluding hydrogens is 1080 g/mol. The van der Waals surface area contributed by atoms with Gasteiger partial charge < -0.3 is 23.3 Å². The van der Waals surface area contributed by atoms with Crippen molar-refractivity contribution in [3.8, 4) is 73.9 Å². The Hall–Kier alpha value is -8.45. The van der Waals surface area contributed by atoms with E-state index in [0.717, 1.165) is 44.1 Å². The third kappa shape index (κ3) is 7.23. The first-order chi connectivity index (χ1) is 39.5. The molecule has 0 N–H and O–H groups in total. The maximum Gasteiger partial charge on any atom is 0.268 e. The van der Waals surface area contributed by atoms with Crippen LogP contribution >= 0.6 is 0 Å². The Kier molecular flexibility index (Phi) is 8.30. The van der Waals surface area contributed by atoms with Gasteiger partial charge in [-0.25, -0.2) is 4.98 Å². The molecule has 9 aromatic carbocycles. The number of para-hydroxylation sites is 6. The summed E-state index contributed by atoms with van der Waals surface area (Å²) in [5.41, 5.74) is 6.26. The van der Waals surface area contributed by atoms with Crippen LogP contribution in [0.1, 0.15) is 40.0 Å². The number of nitrogens with zero attached hydrogens (tertiary/aromatic N) is 4. The van der Waals surface area contributed by atoms with E-state index < -0.39 is 67.1 Å². The third-order valence-electron chi connectivity index (χ3n) is 13.5. The second-order valence-corrected chi connectivity index (χ2v) is 18.7. The molecule has 0 amide bonds. The predicted molar refractivity (Wildman–Crippen MR) is 287 cm³/mol. The molecule has 2 aliphatic rings. The van der Waals surface area contributed by atoms with E-state index in [2.05, 4.69) is 62.0 Å². The van der Waals surface area contributed by atoms with E-state index in [-0.39, 0.29) is 60.2 Å².